The Morgan fingerprint density at radius 3 is 1.11 bits per heavy atom. The van der Waals surface area contributed by atoms with E-state index in [4.69, 9.17) is 0 Å². The maximum Gasteiger partial charge on any atom is 0.255 e. The van der Waals surface area contributed by atoms with Gasteiger partial charge in [-0.3, -0.25) is 28.8 Å². The lowest BCUT2D eigenvalue weighted by Crippen LogP contribution is -2.38. The maximum absolute atomic E-state index is 13.8. The van der Waals surface area contributed by atoms with Gasteiger partial charge in [-0.05, 0) is 142 Å². The summed E-state index contributed by atoms with van der Waals surface area (Å²) in [5.41, 5.74) is 0.671. The fourth-order valence-corrected chi connectivity index (χ4v) is 14.8. The van der Waals surface area contributed by atoms with Crippen molar-refractivity contribution in [1.29, 1.82) is 0 Å². The summed E-state index contributed by atoms with van der Waals surface area (Å²) in [4.78, 5) is 84.6. The van der Waals surface area contributed by atoms with Gasteiger partial charge in [0.15, 0.2) is 0 Å². The number of rotatable bonds is 18. The summed E-state index contributed by atoms with van der Waals surface area (Å²) in [6, 6.07) is 0. The van der Waals surface area contributed by atoms with Gasteiger partial charge >= 0.3 is 0 Å². The fraction of sp³-hybridized carbons (Fsp3) is 0.455. The molecule has 0 saturated heterocycles. The minimum absolute atomic E-state index is 0.0332. The number of hydrogen-bond acceptors (Lipinski definition) is 12. The van der Waals surface area contributed by atoms with Gasteiger partial charge in [0.25, 0.3) is 35.4 Å². The number of nitrogens with one attached hydrogen (secondary N) is 2. The van der Waals surface area contributed by atoms with Crippen molar-refractivity contribution in [3.05, 3.63) is 43.7 Å². The Morgan fingerprint density at radius 2 is 0.825 bits per heavy atom. The van der Waals surface area contributed by atoms with E-state index in [0.717, 1.165) is 9.80 Å². The second-order valence-electron chi connectivity index (χ2n) is 12.2. The third kappa shape index (κ3) is 12.7. The number of carbonyl (C=O) groups excluding carboxylic acids is 6. The standard InChI is InChI=1S/C33H40I6N6O12/c1-42(8-14(50)10-46)32(56)20-22(34)18(24(36)28(26(20)38)44(3)16(52)12-48)30(54)40-6-5-7-41-31(55)19-23(35)21(33(57)43(2)9-15(51)11-47)27(39)29(25(19)37)45(4)17(53)13-49/h14-15,46-51H,5-13H2,1-4H3,(H,40,54)(H,41,55). The molecule has 2 aromatic carbocycles. The van der Waals surface area contributed by atoms with Crippen LogP contribution in [0, 0.1) is 21.4 Å². The van der Waals surface area contributed by atoms with Crippen molar-refractivity contribution >= 4 is 182 Å². The minimum Gasteiger partial charge on any atom is -0.394 e. The molecule has 2 aromatic rings. The molecule has 0 saturated carbocycles. The highest BCUT2D eigenvalue weighted by atomic mass is 127. The lowest BCUT2D eigenvalue weighted by atomic mass is 10.1. The van der Waals surface area contributed by atoms with Gasteiger partial charge in [0, 0.05) is 61.5 Å². The van der Waals surface area contributed by atoms with Gasteiger partial charge in [-0.1, -0.05) is 0 Å². The number of nitrogens with zero attached hydrogens (tertiary/aromatic N) is 4. The van der Waals surface area contributed by atoms with Crippen LogP contribution >= 0.6 is 136 Å². The Bertz CT molecular complexity index is 1760. The van der Waals surface area contributed by atoms with E-state index in [9.17, 15) is 59.4 Å². The molecule has 0 aliphatic carbocycles. The van der Waals surface area contributed by atoms with Crippen LogP contribution in [0.4, 0.5) is 11.4 Å². The summed E-state index contributed by atoms with van der Waals surface area (Å²) < 4.78 is 1.76. The second kappa shape index (κ2) is 24.1. The van der Waals surface area contributed by atoms with Crippen molar-refractivity contribution in [3.63, 3.8) is 0 Å². The molecule has 0 aliphatic heterocycles. The quantitative estimate of drug-likeness (QED) is 0.0756. The number of hydrogen-bond donors (Lipinski definition) is 8. The molecule has 0 spiro atoms. The lowest BCUT2D eigenvalue weighted by Gasteiger charge is -2.27. The lowest BCUT2D eigenvalue weighted by molar-refractivity contribution is -0.121. The molecular formula is C33H40I6N6O12. The molecule has 0 bridgehead atoms. The van der Waals surface area contributed by atoms with Crippen LogP contribution in [0.1, 0.15) is 47.9 Å². The zero-order valence-corrected chi connectivity index (χ0v) is 43.7. The SMILES string of the molecule is CN(CC(O)CO)C(=O)c1c(I)c(C(=O)NCCCNC(=O)c2c(I)c(C(=O)N(C)CC(O)CO)c(I)c(N(C)C(=O)CO)c2I)c(I)c(N(C)C(=O)CO)c1I. The Hall–Kier alpha value is -0.600. The average Bonchev–Trinajstić information content (AvgIpc) is 3.16. The highest BCUT2D eigenvalue weighted by Gasteiger charge is 2.34. The van der Waals surface area contributed by atoms with Crippen molar-refractivity contribution < 1.29 is 59.4 Å². The van der Waals surface area contributed by atoms with Gasteiger partial charge in [0.1, 0.15) is 13.2 Å². The van der Waals surface area contributed by atoms with E-state index in [2.05, 4.69) is 10.6 Å². The summed E-state index contributed by atoms with van der Waals surface area (Å²) in [7, 11) is 5.61. The first-order chi connectivity index (χ1) is 26.6. The molecule has 57 heavy (non-hydrogen) atoms. The molecule has 0 aliphatic rings. The molecule has 2 atom stereocenters. The normalized spacial score (nSPS) is 12.1. The third-order valence-electron chi connectivity index (χ3n) is 8.17. The van der Waals surface area contributed by atoms with Crippen molar-refractivity contribution in [2.24, 2.45) is 0 Å². The predicted molar refractivity (Wildman–Crippen MR) is 260 cm³/mol. The Balaban J connectivity index is 2.45. The van der Waals surface area contributed by atoms with Crippen LogP contribution < -0.4 is 20.4 Å². The van der Waals surface area contributed by atoms with Crippen molar-refractivity contribution in [2.45, 2.75) is 18.6 Å². The Morgan fingerprint density at radius 1 is 0.526 bits per heavy atom. The number of aliphatic hydroxyl groups excluding tert-OH is 6. The Labute approximate surface area is 410 Å². The molecule has 0 aromatic heterocycles. The van der Waals surface area contributed by atoms with Crippen molar-refractivity contribution in [1.82, 2.24) is 20.4 Å². The second-order valence-corrected chi connectivity index (χ2v) is 18.7. The summed E-state index contributed by atoms with van der Waals surface area (Å²) in [6.45, 7) is -3.22. The van der Waals surface area contributed by atoms with Crippen LogP contribution in [0.5, 0.6) is 0 Å². The van der Waals surface area contributed by atoms with Gasteiger partial charge in [-0.15, -0.1) is 0 Å². The Kier molecular flexibility index (Phi) is 22.3. The first-order valence-corrected chi connectivity index (χ1v) is 22.9. The van der Waals surface area contributed by atoms with Crippen LogP contribution in [0.3, 0.4) is 0 Å². The largest absolute Gasteiger partial charge is 0.394 e. The monoisotopic (exact) mass is 1470 g/mol. The highest BCUT2D eigenvalue weighted by molar-refractivity contribution is 14.1. The van der Waals surface area contributed by atoms with Crippen LogP contribution in [0.15, 0.2) is 0 Å². The van der Waals surface area contributed by atoms with Crippen LogP contribution in [-0.4, -0.2) is 169 Å². The summed E-state index contributed by atoms with van der Waals surface area (Å²) in [5.74, 6) is -3.79. The number of amides is 6. The topological polar surface area (TPSA) is 261 Å². The van der Waals surface area contributed by atoms with Gasteiger partial charge in [-0.25, -0.2) is 0 Å². The van der Waals surface area contributed by atoms with Gasteiger partial charge in [0.05, 0.1) is 73.3 Å². The van der Waals surface area contributed by atoms with Crippen molar-refractivity contribution in [2.75, 3.05) is 90.6 Å². The van der Waals surface area contributed by atoms with E-state index < -0.39 is 74.1 Å². The third-order valence-corrected chi connectivity index (χ3v) is 14.5. The predicted octanol–water partition coefficient (Wildman–Crippen LogP) is 0.625. The first-order valence-electron chi connectivity index (χ1n) is 16.5. The molecule has 6 amide bonds. The molecule has 0 radical (unpaired) electrons. The molecular weight excluding hydrogens is 1430 g/mol. The zero-order chi connectivity index (χ0) is 43.6. The molecule has 8 N–H and O–H groups in total. The summed E-state index contributed by atoms with van der Waals surface area (Å²) in [6.07, 6.45) is -2.24. The van der Waals surface area contributed by atoms with E-state index in [1.165, 1.54) is 38.0 Å². The van der Waals surface area contributed by atoms with Gasteiger partial charge < -0.3 is 60.9 Å². The molecule has 0 fully saturated rings. The average molecular weight is 1470 g/mol. The number of benzene rings is 2. The number of likely N-dealkylation sites (N-methyl/N-ethyl adjacent to an activating group) is 4. The molecule has 316 valence electrons. The fourth-order valence-electron chi connectivity index (χ4n) is 5.09. The van der Waals surface area contributed by atoms with E-state index in [0.29, 0.717) is 14.3 Å². The molecule has 2 rings (SSSR count). The first kappa shape index (κ1) is 52.5. The van der Waals surface area contributed by atoms with Crippen LogP contribution in [0.2, 0.25) is 0 Å². The summed E-state index contributed by atoms with van der Waals surface area (Å²) in [5, 5.41) is 63.2. The number of anilines is 2. The highest BCUT2D eigenvalue weighted by Crippen LogP contribution is 2.39. The van der Waals surface area contributed by atoms with Crippen LogP contribution in [-0.2, 0) is 9.59 Å². The molecule has 0 heterocycles. The number of aliphatic hydroxyl groups is 6. The smallest absolute Gasteiger partial charge is 0.255 e. The van der Waals surface area contributed by atoms with E-state index in [1.807, 2.05) is 136 Å². The zero-order valence-electron chi connectivity index (χ0n) is 30.7. The summed E-state index contributed by atoms with van der Waals surface area (Å²) >= 11 is 11.3. The van der Waals surface area contributed by atoms with Crippen LogP contribution in [0.25, 0.3) is 0 Å². The number of halogens is 6. The minimum atomic E-state index is -1.22. The molecule has 24 heteroatoms. The van der Waals surface area contributed by atoms with Gasteiger partial charge in [-0.2, -0.15) is 0 Å². The van der Waals surface area contributed by atoms with E-state index >= 15 is 0 Å². The number of carbonyl (C=O) groups is 6. The van der Waals surface area contributed by atoms with Gasteiger partial charge in [0.2, 0.25) is 0 Å². The van der Waals surface area contributed by atoms with E-state index in [-0.39, 0.29) is 73.4 Å². The van der Waals surface area contributed by atoms with Crippen molar-refractivity contribution in [3.8, 4) is 0 Å². The molecule has 2 unspecified atom stereocenters. The maximum atomic E-state index is 13.8. The molecule has 18 nitrogen and oxygen atoms in total. The van der Waals surface area contributed by atoms with E-state index in [1.54, 1.807) is 0 Å².